The second-order valence-electron chi connectivity index (χ2n) is 5.47. The highest BCUT2D eigenvalue weighted by molar-refractivity contribution is 6.00. The van der Waals surface area contributed by atoms with Gasteiger partial charge in [-0.05, 0) is 25.0 Å². The molecule has 7 nitrogen and oxygen atoms in total. The molecular formula is C15H17N3O4. The van der Waals surface area contributed by atoms with Gasteiger partial charge in [0.25, 0.3) is 5.91 Å². The van der Waals surface area contributed by atoms with Gasteiger partial charge >= 0.3 is 5.97 Å². The maximum Gasteiger partial charge on any atom is 0.311 e. The lowest BCUT2D eigenvalue weighted by atomic mass is 9.80. The molecule has 1 aliphatic rings. The summed E-state index contributed by atoms with van der Waals surface area (Å²) in [6, 6.07) is 5.44. The smallest absolute Gasteiger partial charge is 0.311 e. The molecule has 1 fully saturated rings. The number of ether oxygens (including phenoxy) is 1. The van der Waals surface area contributed by atoms with Crippen molar-refractivity contribution >= 4 is 17.4 Å². The molecule has 3 rings (SSSR count). The van der Waals surface area contributed by atoms with Gasteiger partial charge in [-0.2, -0.15) is 5.10 Å². The highest BCUT2D eigenvalue weighted by atomic mass is 16.5. The third-order valence-corrected chi connectivity index (χ3v) is 4.16. The lowest BCUT2D eigenvalue weighted by Crippen LogP contribution is -2.46. The molecule has 1 aliphatic heterocycles. The Labute approximate surface area is 126 Å². The van der Waals surface area contributed by atoms with Gasteiger partial charge < -0.3 is 15.2 Å². The molecule has 116 valence electrons. The van der Waals surface area contributed by atoms with E-state index in [1.54, 1.807) is 16.8 Å². The molecule has 1 amide bonds. The van der Waals surface area contributed by atoms with E-state index in [0.29, 0.717) is 37.1 Å². The van der Waals surface area contributed by atoms with Crippen LogP contribution >= 0.6 is 0 Å². The van der Waals surface area contributed by atoms with E-state index < -0.39 is 11.4 Å². The summed E-state index contributed by atoms with van der Waals surface area (Å²) in [5.74, 6) is -1.20. The zero-order chi connectivity index (χ0) is 15.6. The Balaban J connectivity index is 1.75. The normalized spacial score (nSPS) is 17.3. The highest BCUT2D eigenvalue weighted by Crippen LogP contribution is 2.30. The molecule has 22 heavy (non-hydrogen) atoms. The molecule has 7 heteroatoms. The highest BCUT2D eigenvalue weighted by Gasteiger charge is 2.40. The average Bonchev–Trinajstić information content (AvgIpc) is 2.97. The van der Waals surface area contributed by atoms with E-state index >= 15 is 0 Å². The monoisotopic (exact) mass is 303 g/mol. The number of aliphatic carboxylic acids is 1. The van der Waals surface area contributed by atoms with E-state index in [2.05, 4.69) is 10.4 Å². The second-order valence-corrected chi connectivity index (χ2v) is 5.47. The first-order valence-corrected chi connectivity index (χ1v) is 7.14. The van der Waals surface area contributed by atoms with Crippen molar-refractivity contribution in [2.24, 2.45) is 5.41 Å². The topological polar surface area (TPSA) is 92.9 Å². The average molecular weight is 303 g/mol. The number of carboxylic acid groups (broad SMARTS) is 1. The Morgan fingerprint density at radius 1 is 1.36 bits per heavy atom. The van der Waals surface area contributed by atoms with Crippen LogP contribution in [0.25, 0.3) is 5.52 Å². The predicted molar refractivity (Wildman–Crippen MR) is 77.6 cm³/mol. The molecule has 3 heterocycles. The van der Waals surface area contributed by atoms with Gasteiger partial charge in [-0.3, -0.25) is 9.59 Å². The van der Waals surface area contributed by atoms with Gasteiger partial charge in [0.1, 0.15) is 0 Å². The van der Waals surface area contributed by atoms with E-state index in [0.717, 1.165) is 0 Å². The van der Waals surface area contributed by atoms with E-state index in [-0.39, 0.29) is 12.5 Å². The van der Waals surface area contributed by atoms with Gasteiger partial charge in [0.05, 0.1) is 22.7 Å². The van der Waals surface area contributed by atoms with Crippen molar-refractivity contribution < 1.29 is 19.4 Å². The zero-order valence-corrected chi connectivity index (χ0v) is 12.0. The van der Waals surface area contributed by atoms with Crippen molar-refractivity contribution in [2.75, 3.05) is 19.8 Å². The minimum absolute atomic E-state index is 0.0920. The third-order valence-electron chi connectivity index (χ3n) is 4.16. The quantitative estimate of drug-likeness (QED) is 0.877. The van der Waals surface area contributed by atoms with Crippen molar-refractivity contribution in [3.05, 3.63) is 36.2 Å². The molecule has 2 aromatic rings. The van der Waals surface area contributed by atoms with E-state index in [1.165, 1.54) is 6.20 Å². The minimum atomic E-state index is -0.948. The molecule has 2 N–H and O–H groups in total. The van der Waals surface area contributed by atoms with Crippen LogP contribution < -0.4 is 5.32 Å². The number of carboxylic acids is 1. The Morgan fingerprint density at radius 3 is 2.86 bits per heavy atom. The number of hydrogen-bond acceptors (Lipinski definition) is 4. The maximum atomic E-state index is 12.3. The lowest BCUT2D eigenvalue weighted by molar-refractivity contribution is -0.154. The number of hydrogen-bond donors (Lipinski definition) is 2. The Bertz CT molecular complexity index is 704. The molecule has 2 aromatic heterocycles. The summed E-state index contributed by atoms with van der Waals surface area (Å²) in [6.45, 7) is 0.895. The standard InChI is InChI=1S/C15H17N3O4/c19-13(11-9-17-18-6-2-1-3-12(11)18)16-10-15(14(20)21)4-7-22-8-5-15/h1-3,6,9H,4-5,7-8,10H2,(H,16,19)(H,20,21). The van der Waals surface area contributed by atoms with Crippen molar-refractivity contribution in [3.63, 3.8) is 0 Å². The summed E-state index contributed by atoms with van der Waals surface area (Å²) in [5.41, 5.74) is 0.182. The summed E-state index contributed by atoms with van der Waals surface area (Å²) >= 11 is 0. The van der Waals surface area contributed by atoms with Gasteiger partial charge in [0.2, 0.25) is 0 Å². The number of carbonyl (C=O) groups excluding carboxylic acids is 1. The fraction of sp³-hybridized carbons (Fsp3) is 0.400. The second kappa shape index (κ2) is 5.76. The number of fused-ring (bicyclic) bond motifs is 1. The van der Waals surface area contributed by atoms with Crippen molar-refractivity contribution in [2.45, 2.75) is 12.8 Å². The van der Waals surface area contributed by atoms with E-state index in [4.69, 9.17) is 4.74 Å². The number of aromatic nitrogens is 2. The molecule has 0 atom stereocenters. The Morgan fingerprint density at radius 2 is 2.14 bits per heavy atom. The van der Waals surface area contributed by atoms with Crippen molar-refractivity contribution in [1.82, 2.24) is 14.9 Å². The summed E-state index contributed by atoms with van der Waals surface area (Å²) < 4.78 is 6.83. The molecule has 0 saturated carbocycles. The van der Waals surface area contributed by atoms with Gasteiger partial charge in [-0.1, -0.05) is 6.07 Å². The molecular weight excluding hydrogens is 286 g/mol. The Kier molecular flexibility index (Phi) is 3.81. The number of nitrogens with zero attached hydrogens (tertiary/aromatic N) is 2. The number of amides is 1. The van der Waals surface area contributed by atoms with E-state index in [9.17, 15) is 14.7 Å². The van der Waals surface area contributed by atoms with Crippen LogP contribution in [0.5, 0.6) is 0 Å². The van der Waals surface area contributed by atoms with Crippen LogP contribution in [-0.2, 0) is 9.53 Å². The summed E-state index contributed by atoms with van der Waals surface area (Å²) in [6.07, 6.45) is 4.04. The number of nitrogens with one attached hydrogen (secondary N) is 1. The third kappa shape index (κ3) is 2.55. The van der Waals surface area contributed by atoms with Gasteiger partial charge in [0, 0.05) is 26.0 Å². The van der Waals surface area contributed by atoms with Crippen LogP contribution in [0.2, 0.25) is 0 Å². The largest absolute Gasteiger partial charge is 0.481 e. The first kappa shape index (κ1) is 14.5. The summed E-state index contributed by atoms with van der Waals surface area (Å²) in [4.78, 5) is 23.9. The zero-order valence-electron chi connectivity index (χ0n) is 12.0. The molecule has 0 aliphatic carbocycles. The first-order chi connectivity index (χ1) is 10.6. The number of carbonyl (C=O) groups is 2. The summed E-state index contributed by atoms with van der Waals surface area (Å²) in [7, 11) is 0. The maximum absolute atomic E-state index is 12.3. The lowest BCUT2D eigenvalue weighted by Gasteiger charge is -2.33. The van der Waals surface area contributed by atoms with E-state index in [1.807, 2.05) is 12.1 Å². The van der Waals surface area contributed by atoms with Crippen LogP contribution in [0.15, 0.2) is 30.6 Å². The van der Waals surface area contributed by atoms with Gasteiger partial charge in [0.15, 0.2) is 0 Å². The van der Waals surface area contributed by atoms with Crippen LogP contribution in [0.4, 0.5) is 0 Å². The molecule has 0 bridgehead atoms. The SMILES string of the molecule is O=C(NCC1(C(=O)O)CCOCC1)c1cnn2ccccc12. The molecule has 0 radical (unpaired) electrons. The van der Waals surface area contributed by atoms with Crippen molar-refractivity contribution in [3.8, 4) is 0 Å². The van der Waals surface area contributed by atoms with Crippen LogP contribution in [0.3, 0.4) is 0 Å². The molecule has 1 saturated heterocycles. The number of rotatable bonds is 4. The number of pyridine rings is 1. The van der Waals surface area contributed by atoms with Crippen LogP contribution in [0, 0.1) is 5.41 Å². The fourth-order valence-electron chi connectivity index (χ4n) is 2.68. The Hall–Kier alpha value is -2.41. The minimum Gasteiger partial charge on any atom is -0.481 e. The molecule has 0 spiro atoms. The van der Waals surface area contributed by atoms with Gasteiger partial charge in [-0.25, -0.2) is 4.52 Å². The van der Waals surface area contributed by atoms with Crippen LogP contribution in [-0.4, -0.2) is 46.4 Å². The molecule has 0 aromatic carbocycles. The van der Waals surface area contributed by atoms with Crippen molar-refractivity contribution in [1.29, 1.82) is 0 Å². The molecule has 0 unspecified atom stereocenters. The van der Waals surface area contributed by atoms with Crippen LogP contribution in [0.1, 0.15) is 23.2 Å². The predicted octanol–water partition coefficient (Wildman–Crippen LogP) is 0.945. The summed E-state index contributed by atoms with van der Waals surface area (Å²) in [5, 5.41) is 16.3. The van der Waals surface area contributed by atoms with Gasteiger partial charge in [-0.15, -0.1) is 0 Å². The first-order valence-electron chi connectivity index (χ1n) is 7.14. The fourth-order valence-corrected chi connectivity index (χ4v) is 2.68.